The number of carbonyl (C=O) groups excluding carboxylic acids is 1. The Bertz CT molecular complexity index is 564. The number of benzene rings is 1. The van der Waals surface area contributed by atoms with Gasteiger partial charge in [0.1, 0.15) is 0 Å². The van der Waals surface area contributed by atoms with Crippen LogP contribution in [0.1, 0.15) is 13.8 Å². The SMILES string of the molecule is CC(C)N(C)CC(=O)Nc1cc(-c2ccccc2)on1. The topological polar surface area (TPSA) is 58.4 Å². The van der Waals surface area contributed by atoms with E-state index in [1.54, 1.807) is 6.07 Å². The number of anilines is 1. The number of rotatable bonds is 5. The van der Waals surface area contributed by atoms with E-state index in [1.165, 1.54) is 0 Å². The third-order valence-corrected chi connectivity index (χ3v) is 3.11. The van der Waals surface area contributed by atoms with Crippen molar-refractivity contribution in [2.45, 2.75) is 19.9 Å². The van der Waals surface area contributed by atoms with Crippen LogP contribution in [0, 0.1) is 0 Å². The third kappa shape index (κ3) is 3.68. The molecule has 5 nitrogen and oxygen atoms in total. The maximum absolute atomic E-state index is 11.8. The van der Waals surface area contributed by atoms with Crippen LogP contribution in [0.25, 0.3) is 11.3 Å². The summed E-state index contributed by atoms with van der Waals surface area (Å²) in [4.78, 5) is 13.8. The number of carbonyl (C=O) groups is 1. The Morgan fingerprint density at radius 3 is 2.70 bits per heavy atom. The minimum atomic E-state index is -0.103. The summed E-state index contributed by atoms with van der Waals surface area (Å²) in [6.45, 7) is 4.40. The van der Waals surface area contributed by atoms with Crippen LogP contribution in [-0.2, 0) is 4.79 Å². The number of hydrogen-bond donors (Lipinski definition) is 1. The summed E-state index contributed by atoms with van der Waals surface area (Å²) >= 11 is 0. The maximum atomic E-state index is 11.8. The van der Waals surface area contributed by atoms with Crippen molar-refractivity contribution < 1.29 is 9.32 Å². The van der Waals surface area contributed by atoms with E-state index in [1.807, 2.05) is 56.1 Å². The molecule has 1 N–H and O–H groups in total. The third-order valence-electron chi connectivity index (χ3n) is 3.11. The smallest absolute Gasteiger partial charge is 0.239 e. The van der Waals surface area contributed by atoms with Gasteiger partial charge in [0.15, 0.2) is 11.6 Å². The Labute approximate surface area is 118 Å². The van der Waals surface area contributed by atoms with Gasteiger partial charge in [-0.05, 0) is 20.9 Å². The van der Waals surface area contributed by atoms with Crippen LogP contribution in [0.2, 0.25) is 0 Å². The predicted molar refractivity (Wildman–Crippen MR) is 78.3 cm³/mol. The molecule has 1 heterocycles. The molecule has 0 saturated heterocycles. The Morgan fingerprint density at radius 2 is 2.05 bits per heavy atom. The van der Waals surface area contributed by atoms with Gasteiger partial charge >= 0.3 is 0 Å². The summed E-state index contributed by atoms with van der Waals surface area (Å²) in [5, 5.41) is 6.59. The maximum Gasteiger partial charge on any atom is 0.239 e. The monoisotopic (exact) mass is 273 g/mol. The highest BCUT2D eigenvalue weighted by molar-refractivity contribution is 5.91. The molecular formula is C15H19N3O2. The van der Waals surface area contributed by atoms with Crippen LogP contribution in [-0.4, -0.2) is 35.6 Å². The van der Waals surface area contributed by atoms with Gasteiger partial charge in [0.25, 0.3) is 0 Å². The molecule has 2 aromatic rings. The van der Waals surface area contributed by atoms with Crippen molar-refractivity contribution in [2.75, 3.05) is 18.9 Å². The Morgan fingerprint density at radius 1 is 1.35 bits per heavy atom. The lowest BCUT2D eigenvalue weighted by Crippen LogP contribution is -2.34. The summed E-state index contributed by atoms with van der Waals surface area (Å²) < 4.78 is 5.23. The highest BCUT2D eigenvalue weighted by atomic mass is 16.5. The van der Waals surface area contributed by atoms with Crippen molar-refractivity contribution in [2.24, 2.45) is 0 Å². The van der Waals surface area contributed by atoms with E-state index in [9.17, 15) is 4.79 Å². The molecule has 2 rings (SSSR count). The van der Waals surface area contributed by atoms with Crippen LogP contribution in [0.4, 0.5) is 5.82 Å². The highest BCUT2D eigenvalue weighted by Gasteiger charge is 2.12. The van der Waals surface area contributed by atoms with E-state index in [0.29, 0.717) is 24.2 Å². The zero-order valence-electron chi connectivity index (χ0n) is 12.0. The zero-order chi connectivity index (χ0) is 14.5. The summed E-state index contributed by atoms with van der Waals surface area (Å²) in [5.41, 5.74) is 0.930. The first-order chi connectivity index (χ1) is 9.56. The largest absolute Gasteiger partial charge is 0.354 e. The van der Waals surface area contributed by atoms with Gasteiger partial charge in [0.2, 0.25) is 5.91 Å². The average Bonchev–Trinajstić information content (AvgIpc) is 2.88. The number of likely N-dealkylation sites (N-methyl/N-ethyl adjacent to an activating group) is 1. The lowest BCUT2D eigenvalue weighted by Gasteiger charge is -2.19. The second-order valence-corrected chi connectivity index (χ2v) is 5.00. The van der Waals surface area contributed by atoms with Crippen molar-refractivity contribution in [1.82, 2.24) is 10.1 Å². The second-order valence-electron chi connectivity index (χ2n) is 5.00. The molecule has 0 fully saturated rings. The number of nitrogens with zero attached hydrogens (tertiary/aromatic N) is 2. The molecule has 0 unspecified atom stereocenters. The molecule has 106 valence electrons. The number of hydrogen-bond acceptors (Lipinski definition) is 4. The lowest BCUT2D eigenvalue weighted by molar-refractivity contribution is -0.117. The molecule has 0 spiro atoms. The fourth-order valence-electron chi connectivity index (χ4n) is 1.66. The lowest BCUT2D eigenvalue weighted by atomic mass is 10.2. The standard InChI is InChI=1S/C15H19N3O2/c1-11(2)18(3)10-15(19)16-14-9-13(20-17-14)12-7-5-4-6-8-12/h4-9,11H,10H2,1-3H3,(H,16,17,19). The molecule has 5 heteroatoms. The van der Waals surface area contributed by atoms with Crippen molar-refractivity contribution in [1.29, 1.82) is 0 Å². The van der Waals surface area contributed by atoms with Gasteiger partial charge in [-0.1, -0.05) is 35.5 Å². The first kappa shape index (κ1) is 14.3. The van der Waals surface area contributed by atoms with Gasteiger partial charge in [-0.15, -0.1) is 0 Å². The molecule has 1 aromatic carbocycles. The molecule has 0 radical (unpaired) electrons. The zero-order valence-corrected chi connectivity index (χ0v) is 12.0. The van der Waals surface area contributed by atoms with Gasteiger partial charge in [-0.2, -0.15) is 0 Å². The minimum absolute atomic E-state index is 0.103. The number of amides is 1. The summed E-state index contributed by atoms with van der Waals surface area (Å²) in [7, 11) is 1.91. The molecule has 1 amide bonds. The summed E-state index contributed by atoms with van der Waals surface area (Å²) in [6, 6.07) is 11.7. The Kier molecular flexibility index (Phi) is 4.53. The predicted octanol–water partition coefficient (Wildman–Crippen LogP) is 2.62. The van der Waals surface area contributed by atoms with Crippen LogP contribution in [0.15, 0.2) is 40.9 Å². The van der Waals surface area contributed by atoms with E-state index < -0.39 is 0 Å². The first-order valence-electron chi connectivity index (χ1n) is 6.58. The normalized spacial score (nSPS) is 11.1. The van der Waals surface area contributed by atoms with Gasteiger partial charge in [-0.25, -0.2) is 0 Å². The van der Waals surface area contributed by atoms with Crippen LogP contribution < -0.4 is 5.32 Å². The van der Waals surface area contributed by atoms with Crippen molar-refractivity contribution in [3.63, 3.8) is 0 Å². The van der Waals surface area contributed by atoms with Crippen LogP contribution in [0.3, 0.4) is 0 Å². The quantitative estimate of drug-likeness (QED) is 0.909. The van der Waals surface area contributed by atoms with E-state index in [-0.39, 0.29) is 5.91 Å². The average molecular weight is 273 g/mol. The van der Waals surface area contributed by atoms with E-state index in [4.69, 9.17) is 4.52 Å². The fourth-order valence-corrected chi connectivity index (χ4v) is 1.66. The molecule has 20 heavy (non-hydrogen) atoms. The van der Waals surface area contributed by atoms with Crippen molar-refractivity contribution in [3.8, 4) is 11.3 Å². The molecule has 0 aliphatic rings. The number of nitrogens with one attached hydrogen (secondary N) is 1. The Hall–Kier alpha value is -2.14. The van der Waals surface area contributed by atoms with Crippen LogP contribution in [0.5, 0.6) is 0 Å². The number of aromatic nitrogens is 1. The van der Waals surface area contributed by atoms with Crippen LogP contribution >= 0.6 is 0 Å². The van der Waals surface area contributed by atoms with Gasteiger partial charge in [-0.3, -0.25) is 9.69 Å². The Balaban J connectivity index is 1.98. The highest BCUT2D eigenvalue weighted by Crippen LogP contribution is 2.21. The van der Waals surface area contributed by atoms with Gasteiger partial charge < -0.3 is 9.84 Å². The van der Waals surface area contributed by atoms with Gasteiger partial charge in [0.05, 0.1) is 6.54 Å². The van der Waals surface area contributed by atoms with E-state index in [0.717, 1.165) is 5.56 Å². The van der Waals surface area contributed by atoms with E-state index >= 15 is 0 Å². The summed E-state index contributed by atoms with van der Waals surface area (Å²) in [6.07, 6.45) is 0. The minimum Gasteiger partial charge on any atom is -0.354 e. The van der Waals surface area contributed by atoms with Gasteiger partial charge in [0, 0.05) is 17.7 Å². The second kappa shape index (κ2) is 6.34. The molecule has 0 aliphatic heterocycles. The molecule has 0 saturated carbocycles. The molecule has 1 aromatic heterocycles. The molecule has 0 bridgehead atoms. The molecule has 0 aliphatic carbocycles. The van der Waals surface area contributed by atoms with Crippen molar-refractivity contribution in [3.05, 3.63) is 36.4 Å². The van der Waals surface area contributed by atoms with Crippen molar-refractivity contribution >= 4 is 11.7 Å². The fraction of sp³-hybridized carbons (Fsp3) is 0.333. The summed E-state index contributed by atoms with van der Waals surface area (Å²) in [5.74, 6) is 0.971. The van der Waals surface area contributed by atoms with E-state index in [2.05, 4.69) is 10.5 Å². The molecule has 0 atom stereocenters. The first-order valence-corrected chi connectivity index (χ1v) is 6.58. The molecular weight excluding hydrogens is 254 g/mol.